The number of nitrogens with zero attached hydrogens (tertiary/aromatic N) is 1. The predicted molar refractivity (Wildman–Crippen MR) is 52.4 cm³/mol. The molecule has 0 spiro atoms. The molecule has 0 bridgehead atoms. The summed E-state index contributed by atoms with van der Waals surface area (Å²) >= 11 is 0. The van der Waals surface area contributed by atoms with Crippen molar-refractivity contribution in [1.29, 1.82) is 0 Å². The fourth-order valence-electron chi connectivity index (χ4n) is 0.753. The molecule has 1 rings (SSSR count). The molecule has 0 aliphatic carbocycles. The van der Waals surface area contributed by atoms with Crippen LogP contribution in [0, 0.1) is 4.91 Å². The van der Waals surface area contributed by atoms with Crippen LogP contribution in [0.4, 0.5) is 0 Å². The lowest BCUT2D eigenvalue weighted by molar-refractivity contribution is -0.131. The monoisotopic (exact) mass is 211 g/mol. The number of carbonyl (C=O) groups is 1. The molecule has 3 N–H and O–H groups in total. The Labute approximate surface area is 85.0 Å². The van der Waals surface area contributed by atoms with Gasteiger partial charge < -0.3 is 15.4 Å². The van der Waals surface area contributed by atoms with Crippen molar-refractivity contribution < 1.29 is 20.2 Å². The molecule has 0 aliphatic rings. The van der Waals surface area contributed by atoms with Gasteiger partial charge in [-0.2, -0.15) is 0 Å². The number of hydrogen-bond acceptors (Lipinski definition) is 4. The van der Waals surface area contributed by atoms with Gasteiger partial charge in [-0.25, -0.2) is 4.79 Å². The third-order valence-corrected chi connectivity index (χ3v) is 1.31. The van der Waals surface area contributed by atoms with Gasteiger partial charge in [0, 0.05) is 6.08 Å². The summed E-state index contributed by atoms with van der Waals surface area (Å²) in [5, 5.41) is 25.1. The average molecular weight is 211 g/mol. The van der Waals surface area contributed by atoms with Crippen LogP contribution in [0.2, 0.25) is 0 Å². The zero-order valence-electron chi connectivity index (χ0n) is 7.57. The van der Waals surface area contributed by atoms with E-state index in [1.165, 1.54) is 23.5 Å². The van der Waals surface area contributed by atoms with Crippen molar-refractivity contribution in [1.82, 2.24) is 0 Å². The summed E-state index contributed by atoms with van der Waals surface area (Å²) in [7, 11) is 0. The quantitative estimate of drug-likeness (QED) is 0.391. The molecule has 0 saturated carbocycles. The number of carboxylic acid groups (broad SMARTS) is 1. The summed E-state index contributed by atoms with van der Waals surface area (Å²) in [6.45, 7) is 0. The van der Waals surface area contributed by atoms with Gasteiger partial charge in [0.15, 0.2) is 5.34 Å². The number of aliphatic carboxylic acids is 1. The summed E-state index contributed by atoms with van der Waals surface area (Å²) in [6.07, 6.45) is 2.51. The molecule has 0 radical (unpaired) electrons. The second kappa shape index (κ2) is 7.07. The third kappa shape index (κ3) is 6.76. The highest BCUT2D eigenvalue weighted by Gasteiger charge is 1.89. The van der Waals surface area contributed by atoms with Crippen molar-refractivity contribution >= 4 is 12.0 Å². The molecule has 1 aromatic carbocycles. The van der Waals surface area contributed by atoms with Crippen LogP contribution in [0.15, 0.2) is 35.7 Å². The maximum Gasteiger partial charge on any atom is 0.328 e. The number of aromatic hydroxyl groups is 1. The molecule has 0 unspecified atom stereocenters. The number of rotatable bonds is 2. The largest absolute Gasteiger partial charge is 0.508 e. The summed E-state index contributed by atoms with van der Waals surface area (Å²) in [6, 6.07) is 6.27. The Morgan fingerprint density at radius 2 is 1.73 bits per heavy atom. The van der Waals surface area contributed by atoms with E-state index < -0.39 is 5.97 Å². The van der Waals surface area contributed by atoms with Crippen molar-refractivity contribution in [3.63, 3.8) is 0 Å². The van der Waals surface area contributed by atoms with Crippen molar-refractivity contribution in [2.75, 3.05) is 0 Å². The third-order valence-electron chi connectivity index (χ3n) is 1.31. The summed E-state index contributed by atoms with van der Waals surface area (Å²) in [5.41, 5.74) is 0.746. The lowest BCUT2D eigenvalue weighted by atomic mass is 10.2. The van der Waals surface area contributed by atoms with Crippen LogP contribution in [0.25, 0.3) is 6.08 Å². The minimum Gasteiger partial charge on any atom is -0.508 e. The van der Waals surface area contributed by atoms with Crippen LogP contribution >= 0.6 is 0 Å². The van der Waals surface area contributed by atoms with E-state index in [4.69, 9.17) is 20.3 Å². The van der Waals surface area contributed by atoms with Gasteiger partial charge in [0.1, 0.15) is 5.75 Å². The second-order valence-electron chi connectivity index (χ2n) is 2.34. The molecule has 1 aromatic rings. The standard InChI is InChI=1S/C9H8O3.HNO2/c10-8-4-1-7(2-5-8)3-6-9(11)12;2-1-3/h1-6,10H,(H,11,12);(H,2,3). The van der Waals surface area contributed by atoms with Crippen LogP contribution in [0.1, 0.15) is 5.56 Å². The molecule has 6 nitrogen and oxygen atoms in total. The van der Waals surface area contributed by atoms with Gasteiger partial charge in [0.2, 0.25) is 0 Å². The first-order valence-corrected chi connectivity index (χ1v) is 3.77. The molecular weight excluding hydrogens is 202 g/mol. The summed E-state index contributed by atoms with van der Waals surface area (Å²) < 4.78 is 0. The number of hydrogen-bond donors (Lipinski definition) is 3. The Bertz CT molecular complexity index is 344. The zero-order chi connectivity index (χ0) is 11.7. The highest BCUT2D eigenvalue weighted by molar-refractivity contribution is 5.85. The van der Waals surface area contributed by atoms with Gasteiger partial charge in [-0.15, -0.1) is 4.91 Å². The first-order valence-electron chi connectivity index (χ1n) is 3.77. The minimum absolute atomic E-state index is 0.169. The molecular formula is C9H9NO5. The Balaban J connectivity index is 0.000000583. The van der Waals surface area contributed by atoms with Gasteiger partial charge in [0.05, 0.1) is 0 Å². The van der Waals surface area contributed by atoms with Crippen LogP contribution < -0.4 is 0 Å². The normalized spacial score (nSPS) is 9.07. The smallest absolute Gasteiger partial charge is 0.328 e. The molecule has 0 heterocycles. The molecule has 0 aromatic heterocycles. The van der Waals surface area contributed by atoms with E-state index >= 15 is 0 Å². The molecule has 6 heteroatoms. The Kier molecular flexibility index (Phi) is 5.96. The molecule has 0 saturated heterocycles. The van der Waals surface area contributed by atoms with Crippen molar-refractivity contribution in [3.8, 4) is 5.75 Å². The van der Waals surface area contributed by atoms with Gasteiger partial charge in [0.25, 0.3) is 0 Å². The molecule has 0 aliphatic heterocycles. The first kappa shape index (κ1) is 12.6. The van der Waals surface area contributed by atoms with E-state index in [1.807, 2.05) is 0 Å². The maximum absolute atomic E-state index is 10.1. The van der Waals surface area contributed by atoms with E-state index in [0.717, 1.165) is 11.6 Å². The fourth-order valence-corrected chi connectivity index (χ4v) is 0.753. The molecule has 0 fully saturated rings. The van der Waals surface area contributed by atoms with Gasteiger partial charge in [-0.05, 0) is 23.8 Å². The van der Waals surface area contributed by atoms with Crippen molar-refractivity contribution in [2.24, 2.45) is 5.34 Å². The van der Waals surface area contributed by atoms with E-state index in [9.17, 15) is 4.79 Å². The lowest BCUT2D eigenvalue weighted by Crippen LogP contribution is -1.85. The van der Waals surface area contributed by atoms with Gasteiger partial charge in [-0.3, -0.25) is 0 Å². The molecule has 80 valence electrons. The van der Waals surface area contributed by atoms with E-state index in [0.29, 0.717) is 0 Å². The molecule has 0 amide bonds. The number of phenols is 1. The van der Waals surface area contributed by atoms with Crippen molar-refractivity contribution in [2.45, 2.75) is 0 Å². The minimum atomic E-state index is -0.983. The SMILES string of the molecule is O=C(O)C=Cc1ccc(O)cc1.O=NO. The van der Waals surface area contributed by atoms with Gasteiger partial charge >= 0.3 is 5.97 Å². The van der Waals surface area contributed by atoms with Crippen LogP contribution in [0.3, 0.4) is 0 Å². The van der Waals surface area contributed by atoms with Crippen LogP contribution in [0.5, 0.6) is 5.75 Å². The van der Waals surface area contributed by atoms with E-state index in [1.54, 1.807) is 12.1 Å². The Hall–Kier alpha value is -2.37. The fraction of sp³-hybridized carbons (Fsp3) is 0. The zero-order valence-corrected chi connectivity index (χ0v) is 7.57. The highest BCUT2D eigenvalue weighted by Crippen LogP contribution is 2.10. The number of phenolic OH excluding ortho intramolecular Hbond substituents is 1. The summed E-state index contributed by atoms with van der Waals surface area (Å²) in [4.78, 5) is 18.2. The Morgan fingerprint density at radius 1 is 1.27 bits per heavy atom. The first-order chi connectivity index (χ1) is 7.10. The second-order valence-corrected chi connectivity index (χ2v) is 2.34. The van der Waals surface area contributed by atoms with E-state index in [2.05, 4.69) is 0 Å². The lowest BCUT2D eigenvalue weighted by Gasteiger charge is -1.92. The van der Waals surface area contributed by atoms with E-state index in [-0.39, 0.29) is 5.75 Å². The van der Waals surface area contributed by atoms with Crippen molar-refractivity contribution in [3.05, 3.63) is 40.8 Å². The van der Waals surface area contributed by atoms with Gasteiger partial charge in [-0.1, -0.05) is 12.1 Å². The highest BCUT2D eigenvalue weighted by atomic mass is 16.6. The van der Waals surface area contributed by atoms with Crippen LogP contribution in [-0.2, 0) is 4.79 Å². The molecule has 15 heavy (non-hydrogen) atoms. The number of carboxylic acids is 1. The number of benzene rings is 1. The average Bonchev–Trinajstić information content (AvgIpc) is 2.18. The molecule has 0 atom stereocenters. The predicted octanol–water partition coefficient (Wildman–Crippen LogP) is 1.63. The summed E-state index contributed by atoms with van der Waals surface area (Å²) in [5.74, 6) is -0.814. The van der Waals surface area contributed by atoms with Crippen LogP contribution in [-0.4, -0.2) is 21.4 Å². The maximum atomic E-state index is 10.1. The topological polar surface area (TPSA) is 107 Å². The Morgan fingerprint density at radius 3 is 2.13 bits per heavy atom.